The Balaban J connectivity index is 3.32. The number of hydrogen-bond acceptors (Lipinski definition) is 2. The van der Waals surface area contributed by atoms with E-state index in [0.29, 0.717) is 0 Å². The van der Waals surface area contributed by atoms with Crippen LogP contribution in [0.3, 0.4) is 0 Å². The number of aliphatic carboxylic acids is 1. The van der Waals surface area contributed by atoms with Crippen LogP contribution in [-0.2, 0) is 4.79 Å². The molecule has 0 amide bonds. The molecule has 0 bridgehead atoms. The lowest BCUT2D eigenvalue weighted by Crippen LogP contribution is -2.35. The van der Waals surface area contributed by atoms with Gasteiger partial charge in [-0.15, -0.1) is 0 Å². The normalized spacial score (nSPS) is 12.6. The smallest absolute Gasteiger partial charge is 0.326 e. The summed E-state index contributed by atoms with van der Waals surface area (Å²) in [5.41, 5.74) is -1.35. The molecule has 0 aromatic heterocycles. The number of benzene rings is 1. The van der Waals surface area contributed by atoms with E-state index < -0.39 is 52.7 Å². The molecule has 3 nitrogen and oxygen atoms in total. The average Bonchev–Trinajstić information content (AvgIpc) is 2.33. The maximum atomic E-state index is 13.3. The minimum absolute atomic E-state index is 0.632. The van der Waals surface area contributed by atoms with E-state index in [1.807, 2.05) is 5.32 Å². The third-order valence-electron chi connectivity index (χ3n) is 2.44. The van der Waals surface area contributed by atoms with Gasteiger partial charge in [-0.1, -0.05) is 13.8 Å². The number of halogens is 5. The van der Waals surface area contributed by atoms with Gasteiger partial charge in [0.25, 0.3) is 0 Å². The van der Waals surface area contributed by atoms with Gasteiger partial charge in [-0.2, -0.15) is 0 Å². The lowest BCUT2D eigenvalue weighted by molar-refractivity contribution is -0.138. The van der Waals surface area contributed by atoms with Crippen molar-refractivity contribution in [3.63, 3.8) is 0 Å². The molecule has 0 radical (unpaired) electrons. The maximum Gasteiger partial charge on any atom is 0.326 e. The van der Waals surface area contributed by atoms with Gasteiger partial charge in [0.05, 0.1) is 0 Å². The SMILES string of the molecule is CC(C)C(Nc1c(F)c(F)c(F)c(F)c1F)C(=O)O. The lowest BCUT2D eigenvalue weighted by atomic mass is 10.0. The molecule has 0 saturated carbocycles. The first-order valence-corrected chi connectivity index (χ1v) is 5.19. The number of rotatable bonds is 4. The second-order valence-electron chi connectivity index (χ2n) is 4.15. The van der Waals surface area contributed by atoms with Gasteiger partial charge >= 0.3 is 5.97 Å². The molecule has 1 aromatic carbocycles. The molecule has 8 heteroatoms. The average molecular weight is 283 g/mol. The lowest BCUT2D eigenvalue weighted by Gasteiger charge is -2.20. The van der Waals surface area contributed by atoms with E-state index >= 15 is 0 Å². The molecule has 19 heavy (non-hydrogen) atoms. The Morgan fingerprint density at radius 2 is 1.32 bits per heavy atom. The summed E-state index contributed by atoms with van der Waals surface area (Å²) in [7, 11) is 0. The van der Waals surface area contributed by atoms with Crippen molar-refractivity contribution < 1.29 is 31.9 Å². The monoisotopic (exact) mass is 283 g/mol. The predicted octanol–water partition coefficient (Wildman–Crippen LogP) is 2.90. The fourth-order valence-electron chi connectivity index (χ4n) is 1.40. The summed E-state index contributed by atoms with van der Waals surface area (Å²) in [6.07, 6.45) is 0. The Hall–Kier alpha value is -1.86. The van der Waals surface area contributed by atoms with Gasteiger partial charge in [0.2, 0.25) is 5.82 Å². The summed E-state index contributed by atoms with van der Waals surface area (Å²) in [5, 5.41) is 10.6. The number of carboxylic acids is 1. The molecule has 1 atom stereocenters. The van der Waals surface area contributed by atoms with Crippen molar-refractivity contribution in [2.45, 2.75) is 19.9 Å². The zero-order valence-corrected chi connectivity index (χ0v) is 9.90. The molecule has 1 rings (SSSR count). The highest BCUT2D eigenvalue weighted by molar-refractivity contribution is 5.77. The van der Waals surface area contributed by atoms with Crippen LogP contribution in [0.1, 0.15) is 13.8 Å². The van der Waals surface area contributed by atoms with Gasteiger partial charge < -0.3 is 10.4 Å². The molecule has 2 N–H and O–H groups in total. The van der Waals surface area contributed by atoms with Gasteiger partial charge in [-0.05, 0) is 5.92 Å². The molecule has 0 aliphatic rings. The highest BCUT2D eigenvalue weighted by atomic mass is 19.2. The number of anilines is 1. The van der Waals surface area contributed by atoms with Crippen molar-refractivity contribution in [3.05, 3.63) is 29.1 Å². The van der Waals surface area contributed by atoms with Crippen LogP contribution >= 0.6 is 0 Å². The highest BCUT2D eigenvalue weighted by Gasteiger charge is 2.30. The predicted molar refractivity (Wildman–Crippen MR) is 56.1 cm³/mol. The fourth-order valence-corrected chi connectivity index (χ4v) is 1.40. The molecule has 106 valence electrons. The summed E-state index contributed by atoms with van der Waals surface area (Å²) in [4.78, 5) is 10.8. The Bertz CT molecular complexity index is 489. The van der Waals surface area contributed by atoms with Gasteiger partial charge in [0.1, 0.15) is 11.7 Å². The first-order chi connectivity index (χ1) is 8.68. The minimum atomic E-state index is -2.29. The quantitative estimate of drug-likeness (QED) is 0.507. The molecule has 0 heterocycles. The molecule has 0 fully saturated rings. The summed E-state index contributed by atoms with van der Waals surface area (Å²) in [5.74, 6) is -12.8. The number of nitrogens with one attached hydrogen (secondary N) is 1. The van der Waals surface area contributed by atoms with E-state index in [0.717, 1.165) is 0 Å². The van der Waals surface area contributed by atoms with E-state index in [4.69, 9.17) is 5.11 Å². The number of hydrogen-bond donors (Lipinski definition) is 2. The van der Waals surface area contributed by atoms with Crippen LogP contribution in [0.25, 0.3) is 0 Å². The second-order valence-corrected chi connectivity index (χ2v) is 4.15. The van der Waals surface area contributed by atoms with Crippen LogP contribution in [0, 0.1) is 35.0 Å². The van der Waals surface area contributed by atoms with Crippen molar-refractivity contribution in [3.8, 4) is 0 Å². The summed E-state index contributed by atoms with van der Waals surface area (Å²) >= 11 is 0. The first kappa shape index (κ1) is 15.2. The largest absolute Gasteiger partial charge is 0.480 e. The number of carbonyl (C=O) groups is 1. The van der Waals surface area contributed by atoms with E-state index in [9.17, 15) is 26.7 Å². The molecule has 0 saturated heterocycles. The fraction of sp³-hybridized carbons (Fsp3) is 0.364. The first-order valence-electron chi connectivity index (χ1n) is 5.19. The van der Waals surface area contributed by atoms with Crippen molar-refractivity contribution in [2.24, 2.45) is 5.92 Å². The Kier molecular flexibility index (Phi) is 4.33. The van der Waals surface area contributed by atoms with E-state index in [-0.39, 0.29) is 0 Å². The topological polar surface area (TPSA) is 49.3 Å². The van der Waals surface area contributed by atoms with Crippen molar-refractivity contribution >= 4 is 11.7 Å². The molecule has 0 aliphatic carbocycles. The molecule has 1 aromatic rings. The third-order valence-corrected chi connectivity index (χ3v) is 2.44. The molecule has 0 aliphatic heterocycles. The summed E-state index contributed by atoms with van der Waals surface area (Å²) < 4.78 is 65.2. The third kappa shape index (κ3) is 2.77. The van der Waals surface area contributed by atoms with E-state index in [1.54, 1.807) is 0 Å². The van der Waals surface area contributed by atoms with Gasteiger partial charge in [0, 0.05) is 0 Å². The Morgan fingerprint density at radius 3 is 1.63 bits per heavy atom. The zero-order valence-electron chi connectivity index (χ0n) is 9.90. The van der Waals surface area contributed by atoms with E-state index in [1.165, 1.54) is 13.8 Å². The summed E-state index contributed by atoms with van der Waals surface area (Å²) in [6, 6.07) is -1.49. The molecular weight excluding hydrogens is 273 g/mol. The Labute approximate surface area is 105 Å². The van der Waals surface area contributed by atoms with Crippen LogP contribution in [0.5, 0.6) is 0 Å². The zero-order chi connectivity index (χ0) is 14.9. The molecular formula is C11H10F5NO2. The minimum Gasteiger partial charge on any atom is -0.480 e. The van der Waals surface area contributed by atoms with Gasteiger partial charge in [-0.25, -0.2) is 26.7 Å². The Morgan fingerprint density at radius 1 is 0.947 bits per heavy atom. The maximum absolute atomic E-state index is 13.3. The highest BCUT2D eigenvalue weighted by Crippen LogP contribution is 2.28. The standard InChI is InChI=1S/C11H10F5NO2/c1-3(2)9(11(18)19)17-10-7(15)5(13)4(12)6(14)8(10)16/h3,9,17H,1-2H3,(H,18,19). The van der Waals surface area contributed by atoms with Crippen LogP contribution in [0.15, 0.2) is 0 Å². The summed E-state index contributed by atoms with van der Waals surface area (Å²) in [6.45, 7) is 2.83. The van der Waals surface area contributed by atoms with Gasteiger partial charge in [0.15, 0.2) is 23.3 Å². The molecule has 0 spiro atoms. The van der Waals surface area contributed by atoms with Crippen LogP contribution in [-0.4, -0.2) is 17.1 Å². The van der Waals surface area contributed by atoms with Crippen molar-refractivity contribution in [1.29, 1.82) is 0 Å². The van der Waals surface area contributed by atoms with Crippen LogP contribution < -0.4 is 5.32 Å². The van der Waals surface area contributed by atoms with Crippen LogP contribution in [0.2, 0.25) is 0 Å². The second kappa shape index (κ2) is 5.41. The van der Waals surface area contributed by atoms with Gasteiger partial charge in [-0.3, -0.25) is 0 Å². The van der Waals surface area contributed by atoms with Crippen LogP contribution in [0.4, 0.5) is 27.6 Å². The van der Waals surface area contributed by atoms with Crippen molar-refractivity contribution in [2.75, 3.05) is 5.32 Å². The van der Waals surface area contributed by atoms with Crippen molar-refractivity contribution in [1.82, 2.24) is 0 Å². The number of carboxylic acid groups (broad SMARTS) is 1. The van der Waals surface area contributed by atoms with E-state index in [2.05, 4.69) is 0 Å². The molecule has 1 unspecified atom stereocenters.